The lowest BCUT2D eigenvalue weighted by Gasteiger charge is -1.96. The Morgan fingerprint density at radius 2 is 2.38 bits per heavy atom. The maximum absolute atomic E-state index is 11.1. The predicted molar refractivity (Wildman–Crippen MR) is 45.9 cm³/mol. The maximum atomic E-state index is 11.1. The van der Waals surface area contributed by atoms with Crippen LogP contribution < -0.4 is 4.87 Å². The van der Waals surface area contributed by atoms with E-state index in [0.29, 0.717) is 17.0 Å². The smallest absolute Gasteiger partial charge is 0.347 e. The maximum Gasteiger partial charge on any atom is 0.347 e. The minimum atomic E-state index is -1.13. The van der Waals surface area contributed by atoms with Crippen LogP contribution in [0, 0.1) is 18.3 Å². The van der Waals surface area contributed by atoms with Gasteiger partial charge in [0.25, 0.3) is 0 Å². The van der Waals surface area contributed by atoms with Crippen molar-refractivity contribution in [3.05, 3.63) is 20.2 Å². The number of carboxylic acid groups (broad SMARTS) is 1. The lowest BCUT2D eigenvalue weighted by Crippen LogP contribution is -2.13. The summed E-state index contributed by atoms with van der Waals surface area (Å²) >= 11 is 0.646. The standard InChI is InChI=1S/C7H6N2O3S/c1-4-5(6(10)11)13-7(12)9(4)3-2-8/h3H2,1H3,(H,10,11). The molecule has 0 radical (unpaired) electrons. The molecule has 0 aliphatic rings. The minimum absolute atomic E-state index is 0.000231. The number of nitriles is 1. The van der Waals surface area contributed by atoms with E-state index >= 15 is 0 Å². The Labute approximate surface area is 77.5 Å². The van der Waals surface area contributed by atoms with Gasteiger partial charge in [-0.05, 0) is 6.92 Å². The summed E-state index contributed by atoms with van der Waals surface area (Å²) in [7, 11) is 0. The molecule has 0 spiro atoms. The zero-order valence-corrected chi connectivity index (χ0v) is 7.59. The predicted octanol–water partition coefficient (Wildman–Crippen LogP) is 0.440. The number of rotatable bonds is 2. The van der Waals surface area contributed by atoms with Crippen LogP contribution in [-0.4, -0.2) is 15.6 Å². The van der Waals surface area contributed by atoms with Crippen LogP contribution in [0.4, 0.5) is 0 Å². The van der Waals surface area contributed by atoms with Crippen molar-refractivity contribution < 1.29 is 9.90 Å². The van der Waals surface area contributed by atoms with Crippen molar-refractivity contribution in [1.29, 1.82) is 5.26 Å². The fourth-order valence-electron chi connectivity index (χ4n) is 0.928. The van der Waals surface area contributed by atoms with Gasteiger partial charge in [0.1, 0.15) is 11.4 Å². The molecule has 6 heteroatoms. The van der Waals surface area contributed by atoms with E-state index in [0.717, 1.165) is 4.57 Å². The van der Waals surface area contributed by atoms with Crippen LogP contribution in [0.5, 0.6) is 0 Å². The lowest BCUT2D eigenvalue weighted by molar-refractivity contribution is 0.0701. The summed E-state index contributed by atoms with van der Waals surface area (Å²) in [5.41, 5.74) is 0.337. The van der Waals surface area contributed by atoms with Gasteiger partial charge in [-0.1, -0.05) is 11.3 Å². The second-order valence-electron chi connectivity index (χ2n) is 2.33. The van der Waals surface area contributed by atoms with Crippen LogP contribution in [0.25, 0.3) is 0 Å². The molecule has 0 atom stereocenters. The average Bonchev–Trinajstić information content (AvgIpc) is 2.32. The van der Waals surface area contributed by atoms with Gasteiger partial charge in [-0.3, -0.25) is 9.36 Å². The first-order chi connectivity index (χ1) is 6.07. The Hall–Kier alpha value is -1.61. The molecule has 1 aromatic rings. The third-order valence-corrected chi connectivity index (χ3v) is 2.64. The number of hydrogen-bond acceptors (Lipinski definition) is 4. The van der Waals surface area contributed by atoms with E-state index in [-0.39, 0.29) is 11.4 Å². The van der Waals surface area contributed by atoms with Gasteiger partial charge in [0.2, 0.25) is 0 Å². The first-order valence-corrected chi connectivity index (χ1v) is 4.20. The average molecular weight is 198 g/mol. The molecule has 1 aromatic heterocycles. The Bertz CT molecular complexity index is 438. The van der Waals surface area contributed by atoms with Gasteiger partial charge < -0.3 is 5.11 Å². The molecule has 0 amide bonds. The Kier molecular flexibility index (Phi) is 2.49. The van der Waals surface area contributed by atoms with E-state index in [1.807, 2.05) is 0 Å². The van der Waals surface area contributed by atoms with Crippen molar-refractivity contribution in [1.82, 2.24) is 4.57 Å². The van der Waals surface area contributed by atoms with Crippen molar-refractivity contribution in [3.8, 4) is 6.07 Å². The van der Waals surface area contributed by atoms with Crippen LogP contribution in [-0.2, 0) is 6.54 Å². The second kappa shape index (κ2) is 3.41. The minimum Gasteiger partial charge on any atom is -0.477 e. The number of carbonyl (C=O) groups is 1. The van der Waals surface area contributed by atoms with Gasteiger partial charge in [0.05, 0.1) is 6.07 Å². The van der Waals surface area contributed by atoms with Gasteiger partial charge in [0.15, 0.2) is 0 Å². The first-order valence-electron chi connectivity index (χ1n) is 3.38. The van der Waals surface area contributed by atoms with Crippen LogP contribution in [0.3, 0.4) is 0 Å². The van der Waals surface area contributed by atoms with E-state index in [4.69, 9.17) is 10.4 Å². The molecule has 0 saturated heterocycles. The highest BCUT2D eigenvalue weighted by atomic mass is 32.1. The summed E-state index contributed by atoms with van der Waals surface area (Å²) in [4.78, 5) is 21.3. The van der Waals surface area contributed by atoms with E-state index < -0.39 is 10.8 Å². The van der Waals surface area contributed by atoms with Crippen molar-refractivity contribution >= 4 is 17.3 Å². The first kappa shape index (κ1) is 9.48. The monoisotopic (exact) mass is 198 g/mol. The highest BCUT2D eigenvalue weighted by molar-refractivity contribution is 7.11. The van der Waals surface area contributed by atoms with Crippen LogP contribution in [0.2, 0.25) is 0 Å². The molecule has 13 heavy (non-hydrogen) atoms. The summed E-state index contributed by atoms with van der Waals surface area (Å²) < 4.78 is 1.15. The molecule has 0 aliphatic heterocycles. The summed E-state index contributed by atoms with van der Waals surface area (Å²) in [6, 6.07) is 1.79. The molecule has 0 aliphatic carbocycles. The van der Waals surface area contributed by atoms with Crippen molar-refractivity contribution in [2.24, 2.45) is 0 Å². The van der Waals surface area contributed by atoms with Gasteiger partial charge in [-0.15, -0.1) is 0 Å². The lowest BCUT2D eigenvalue weighted by atomic mass is 10.4. The molecule has 1 N–H and O–H groups in total. The molecule has 5 nitrogen and oxygen atoms in total. The normalized spacial score (nSPS) is 9.54. The number of carboxylic acids is 1. The molecule has 1 heterocycles. The van der Waals surface area contributed by atoms with Crippen molar-refractivity contribution in [2.75, 3.05) is 0 Å². The molecule has 0 saturated carbocycles. The zero-order chi connectivity index (χ0) is 10.0. The van der Waals surface area contributed by atoms with Gasteiger partial charge >= 0.3 is 10.8 Å². The Balaban J connectivity index is 3.32. The van der Waals surface area contributed by atoms with Crippen molar-refractivity contribution in [2.45, 2.75) is 13.5 Å². The molecule has 68 valence electrons. The number of thiazole rings is 1. The number of aromatic carboxylic acids is 1. The molecule has 1 rings (SSSR count). The Morgan fingerprint density at radius 1 is 1.77 bits per heavy atom. The number of nitrogens with zero attached hydrogens (tertiary/aromatic N) is 2. The molecular formula is C7H6N2O3S. The summed E-state index contributed by atoms with van der Waals surface area (Å²) in [5, 5.41) is 17.0. The zero-order valence-electron chi connectivity index (χ0n) is 6.77. The summed E-state index contributed by atoms with van der Waals surface area (Å²) in [6.45, 7) is 1.41. The van der Waals surface area contributed by atoms with Crippen molar-refractivity contribution in [3.63, 3.8) is 0 Å². The van der Waals surface area contributed by atoms with Crippen LogP contribution >= 0.6 is 11.3 Å². The SMILES string of the molecule is Cc1c(C(=O)O)sc(=O)n1CC#N. The topological polar surface area (TPSA) is 83.1 Å². The van der Waals surface area contributed by atoms with E-state index in [9.17, 15) is 9.59 Å². The molecule has 0 fully saturated rings. The fourth-order valence-corrected chi connectivity index (χ4v) is 1.76. The third kappa shape index (κ3) is 1.60. The molecule has 0 bridgehead atoms. The largest absolute Gasteiger partial charge is 0.477 e. The Morgan fingerprint density at radius 3 is 2.77 bits per heavy atom. The fraction of sp³-hybridized carbons (Fsp3) is 0.286. The highest BCUT2D eigenvalue weighted by Crippen LogP contribution is 2.10. The highest BCUT2D eigenvalue weighted by Gasteiger charge is 2.15. The van der Waals surface area contributed by atoms with E-state index in [1.54, 1.807) is 6.07 Å². The number of hydrogen-bond donors (Lipinski definition) is 1. The van der Waals surface area contributed by atoms with Crippen LogP contribution in [0.1, 0.15) is 15.4 Å². The van der Waals surface area contributed by atoms with Gasteiger partial charge in [-0.25, -0.2) is 4.79 Å². The summed E-state index contributed by atoms with van der Waals surface area (Å²) in [5.74, 6) is -1.13. The molecule has 0 aromatic carbocycles. The van der Waals surface area contributed by atoms with E-state index in [2.05, 4.69) is 0 Å². The quantitative estimate of drug-likeness (QED) is 0.747. The molecular weight excluding hydrogens is 192 g/mol. The molecule has 0 unspecified atom stereocenters. The second-order valence-corrected chi connectivity index (χ2v) is 3.29. The summed E-state index contributed by atoms with van der Waals surface area (Å²) in [6.07, 6.45) is 0. The van der Waals surface area contributed by atoms with Gasteiger partial charge in [-0.2, -0.15) is 5.26 Å². The van der Waals surface area contributed by atoms with E-state index in [1.165, 1.54) is 6.92 Å². The third-order valence-electron chi connectivity index (χ3n) is 1.57. The van der Waals surface area contributed by atoms with Gasteiger partial charge in [0, 0.05) is 5.69 Å². The number of aromatic nitrogens is 1. The van der Waals surface area contributed by atoms with Crippen LogP contribution in [0.15, 0.2) is 4.79 Å².